The minimum atomic E-state index is 0.0925. The molecule has 6 aliphatic carbocycles. The molecule has 7 atom stereocenters. The molecule has 6 aliphatic rings. The molecule has 0 aromatic rings. The first kappa shape index (κ1) is 38.5. The van der Waals surface area contributed by atoms with Crippen LogP contribution in [-0.2, 0) is 0 Å². The molecule has 0 spiro atoms. The summed E-state index contributed by atoms with van der Waals surface area (Å²) in [6.45, 7) is 25.3. The Labute approximate surface area is 305 Å². The molecule has 5 nitrogen and oxygen atoms in total. The molecule has 0 N–H and O–H groups in total. The summed E-state index contributed by atoms with van der Waals surface area (Å²) < 4.78 is 0. The van der Waals surface area contributed by atoms with Crippen LogP contribution in [0, 0.1) is 11.8 Å². The van der Waals surface area contributed by atoms with Crippen LogP contribution in [0.3, 0.4) is 0 Å². The van der Waals surface area contributed by atoms with E-state index in [0.717, 1.165) is 36.0 Å². The van der Waals surface area contributed by atoms with Gasteiger partial charge in [0.25, 0.3) is 0 Å². The van der Waals surface area contributed by atoms with Gasteiger partial charge in [0.1, 0.15) is 5.79 Å². The van der Waals surface area contributed by atoms with E-state index in [1.54, 1.807) is 0 Å². The van der Waals surface area contributed by atoms with E-state index in [2.05, 4.69) is 87.0 Å². The largest absolute Gasteiger partial charge is 0.267 e. The van der Waals surface area contributed by atoms with Gasteiger partial charge in [-0.05, 0) is 142 Å². The maximum absolute atomic E-state index is 3.33. The van der Waals surface area contributed by atoms with Gasteiger partial charge in [-0.15, -0.1) is 0 Å². The second-order valence-electron chi connectivity index (χ2n) is 19.4. The lowest BCUT2D eigenvalue weighted by Crippen LogP contribution is -2.79. The summed E-state index contributed by atoms with van der Waals surface area (Å²) >= 11 is 0. The molecule has 6 saturated carbocycles. The van der Waals surface area contributed by atoms with Crippen molar-refractivity contribution in [3.8, 4) is 0 Å². The fourth-order valence-corrected chi connectivity index (χ4v) is 11.1. The Morgan fingerprint density at radius 3 is 1.43 bits per heavy atom. The van der Waals surface area contributed by atoms with Gasteiger partial charge in [0, 0.05) is 60.4 Å². The third-order valence-electron chi connectivity index (χ3n) is 14.8. The van der Waals surface area contributed by atoms with Crippen LogP contribution < -0.4 is 0 Å². The quantitative estimate of drug-likeness (QED) is 0.0540. The minimum Gasteiger partial charge on any atom is -0.267 e. The standard InChI is InChI=1S/C44H83N5/c1-10-13-15-30-45(48(36(6)19-11-2)37(7)20-12-3)31-16-14-25-44(46(38-21-17-22-38)39-23-18-24-39,47(40-32-34(40)4)41-33-35(41)5)49(42(8)26-27-42)43(9)28-29-43/h34-41H,10-33H2,1-9H3. The zero-order valence-electron chi connectivity index (χ0n) is 34.3. The van der Waals surface area contributed by atoms with Gasteiger partial charge in [-0.3, -0.25) is 14.7 Å². The minimum absolute atomic E-state index is 0.0925. The van der Waals surface area contributed by atoms with Crippen LogP contribution in [0.5, 0.6) is 0 Å². The van der Waals surface area contributed by atoms with Crippen molar-refractivity contribution in [1.82, 2.24) is 24.7 Å². The monoisotopic (exact) mass is 682 g/mol. The van der Waals surface area contributed by atoms with E-state index in [0.29, 0.717) is 23.2 Å². The van der Waals surface area contributed by atoms with Gasteiger partial charge in [0.2, 0.25) is 0 Å². The molecule has 0 radical (unpaired) electrons. The highest BCUT2D eigenvalue weighted by atomic mass is 15.7. The topological polar surface area (TPSA) is 16.2 Å². The number of hydrogen-bond acceptors (Lipinski definition) is 5. The lowest BCUT2D eigenvalue weighted by Gasteiger charge is -2.67. The van der Waals surface area contributed by atoms with Gasteiger partial charge in [0.15, 0.2) is 0 Å². The van der Waals surface area contributed by atoms with E-state index < -0.39 is 0 Å². The highest BCUT2D eigenvalue weighted by Gasteiger charge is 2.70. The number of rotatable bonds is 25. The fraction of sp³-hybridized carbons (Fsp3) is 1.00. The Morgan fingerprint density at radius 1 is 0.633 bits per heavy atom. The van der Waals surface area contributed by atoms with Crippen molar-refractivity contribution in [3.05, 3.63) is 0 Å². The molecule has 0 aromatic carbocycles. The molecule has 0 saturated heterocycles. The van der Waals surface area contributed by atoms with Gasteiger partial charge in [-0.1, -0.05) is 73.1 Å². The first-order valence-electron chi connectivity index (χ1n) is 22.4. The van der Waals surface area contributed by atoms with E-state index in [4.69, 9.17) is 0 Å². The van der Waals surface area contributed by atoms with E-state index in [9.17, 15) is 0 Å². The summed E-state index contributed by atoms with van der Waals surface area (Å²) in [5.41, 5.74) is 0.749. The average Bonchev–Trinajstić information content (AvgIpc) is 3.87. The predicted octanol–water partition coefficient (Wildman–Crippen LogP) is 10.8. The molecule has 0 bridgehead atoms. The maximum Gasteiger partial charge on any atom is 0.132 e. The molecule has 6 fully saturated rings. The van der Waals surface area contributed by atoms with Crippen LogP contribution >= 0.6 is 0 Å². The predicted molar refractivity (Wildman–Crippen MR) is 209 cm³/mol. The van der Waals surface area contributed by atoms with E-state index in [-0.39, 0.29) is 5.79 Å². The van der Waals surface area contributed by atoms with Crippen LogP contribution in [0.2, 0.25) is 0 Å². The Kier molecular flexibility index (Phi) is 12.6. The Morgan fingerprint density at radius 2 is 1.08 bits per heavy atom. The number of hydrogen-bond donors (Lipinski definition) is 0. The van der Waals surface area contributed by atoms with Crippen molar-refractivity contribution >= 4 is 0 Å². The molecular formula is C44H83N5. The van der Waals surface area contributed by atoms with Gasteiger partial charge < -0.3 is 0 Å². The first-order chi connectivity index (χ1) is 23.5. The smallest absolute Gasteiger partial charge is 0.132 e. The fourth-order valence-electron chi connectivity index (χ4n) is 11.1. The van der Waals surface area contributed by atoms with Crippen LogP contribution in [0.25, 0.3) is 0 Å². The first-order valence-corrected chi connectivity index (χ1v) is 22.4. The molecule has 5 heteroatoms. The molecule has 6 rings (SSSR count). The van der Waals surface area contributed by atoms with Crippen LogP contribution in [0.1, 0.15) is 204 Å². The van der Waals surface area contributed by atoms with Crippen LogP contribution in [0.15, 0.2) is 0 Å². The van der Waals surface area contributed by atoms with Gasteiger partial charge in [0.05, 0.1) is 0 Å². The van der Waals surface area contributed by atoms with E-state index >= 15 is 0 Å². The second kappa shape index (κ2) is 16.0. The zero-order chi connectivity index (χ0) is 35.0. The van der Waals surface area contributed by atoms with Crippen molar-refractivity contribution in [3.63, 3.8) is 0 Å². The maximum atomic E-state index is 3.33. The van der Waals surface area contributed by atoms with Gasteiger partial charge in [-0.2, -0.15) is 0 Å². The van der Waals surface area contributed by atoms with E-state index in [1.165, 1.54) is 154 Å². The Hall–Kier alpha value is -0.200. The highest BCUT2D eigenvalue weighted by molar-refractivity contribution is 5.21. The molecule has 284 valence electrons. The van der Waals surface area contributed by atoms with Crippen molar-refractivity contribution in [2.24, 2.45) is 11.8 Å². The van der Waals surface area contributed by atoms with Crippen molar-refractivity contribution in [2.45, 2.75) is 257 Å². The highest BCUT2D eigenvalue weighted by Crippen LogP contribution is 2.63. The molecule has 0 aliphatic heterocycles. The van der Waals surface area contributed by atoms with Crippen LogP contribution in [0.4, 0.5) is 0 Å². The summed E-state index contributed by atoms with van der Waals surface area (Å²) in [5, 5.41) is 5.78. The van der Waals surface area contributed by atoms with Crippen molar-refractivity contribution in [2.75, 3.05) is 13.1 Å². The zero-order valence-corrected chi connectivity index (χ0v) is 34.3. The van der Waals surface area contributed by atoms with Gasteiger partial charge in [-0.25, -0.2) is 10.0 Å². The number of unbranched alkanes of at least 4 members (excludes halogenated alkanes) is 3. The molecule has 7 unspecified atom stereocenters. The summed E-state index contributed by atoms with van der Waals surface area (Å²) in [6, 6.07) is 4.43. The SMILES string of the molecule is CCCCCN(CCCCC(N(C1CCC1)C1CCC1)(N(C1CC1C)C1CC1C)N(C1(C)CC1)C1(C)CC1)N(C(C)CCC)C(C)CCC. The number of nitrogens with zero attached hydrogens (tertiary/aromatic N) is 5. The van der Waals surface area contributed by atoms with Gasteiger partial charge >= 0.3 is 0 Å². The summed E-state index contributed by atoms with van der Waals surface area (Å²) in [6.07, 6.45) is 30.4. The summed E-state index contributed by atoms with van der Waals surface area (Å²) in [5.74, 6) is 1.82. The summed E-state index contributed by atoms with van der Waals surface area (Å²) in [7, 11) is 0. The van der Waals surface area contributed by atoms with Crippen LogP contribution in [-0.4, -0.2) is 90.9 Å². The molecule has 49 heavy (non-hydrogen) atoms. The molecule has 0 aromatic heterocycles. The van der Waals surface area contributed by atoms with E-state index in [1.807, 2.05) is 0 Å². The molecule has 0 heterocycles. The molecular weight excluding hydrogens is 599 g/mol. The average molecular weight is 682 g/mol. The third kappa shape index (κ3) is 8.17. The third-order valence-corrected chi connectivity index (χ3v) is 14.8. The number of hydrazine groups is 1. The Bertz CT molecular complexity index is 955. The normalized spacial score (nSPS) is 31.2. The Balaban J connectivity index is 1.34. The molecule has 0 amide bonds. The van der Waals surface area contributed by atoms with Crippen molar-refractivity contribution in [1.29, 1.82) is 0 Å². The lowest BCUT2D eigenvalue weighted by atomic mass is 9.81. The lowest BCUT2D eigenvalue weighted by molar-refractivity contribution is -0.259. The second-order valence-corrected chi connectivity index (χ2v) is 19.4. The summed E-state index contributed by atoms with van der Waals surface area (Å²) in [4.78, 5) is 9.99. The van der Waals surface area contributed by atoms with Crippen molar-refractivity contribution < 1.29 is 0 Å².